The van der Waals surface area contributed by atoms with Gasteiger partial charge in [-0.1, -0.05) is 12.1 Å². The Morgan fingerprint density at radius 1 is 1.42 bits per heavy atom. The SMILES string of the molecule is CCc1cc(CN2CC[C@@H]3[C@@H](CCC(=O)N3CCCSC)C2)on1. The van der Waals surface area contributed by atoms with E-state index in [9.17, 15) is 4.79 Å². The zero-order valence-electron chi connectivity index (χ0n) is 14.9. The van der Waals surface area contributed by atoms with Gasteiger partial charge in [-0.2, -0.15) is 11.8 Å². The Balaban J connectivity index is 1.56. The van der Waals surface area contributed by atoms with Crippen molar-refractivity contribution >= 4 is 17.7 Å². The van der Waals surface area contributed by atoms with Gasteiger partial charge < -0.3 is 9.42 Å². The summed E-state index contributed by atoms with van der Waals surface area (Å²) in [5.74, 6) is 3.08. The first-order chi connectivity index (χ1) is 11.7. The molecule has 3 rings (SSSR count). The van der Waals surface area contributed by atoms with E-state index in [1.54, 1.807) is 0 Å². The fraction of sp³-hybridized carbons (Fsp3) is 0.778. The van der Waals surface area contributed by atoms with Crippen LogP contribution in [0.25, 0.3) is 0 Å². The van der Waals surface area contributed by atoms with Gasteiger partial charge in [0.15, 0.2) is 5.76 Å². The lowest BCUT2D eigenvalue weighted by Gasteiger charge is -2.47. The number of aryl methyl sites for hydroxylation is 1. The van der Waals surface area contributed by atoms with Crippen LogP contribution in [0.15, 0.2) is 10.6 Å². The molecular weight excluding hydrogens is 322 g/mol. The average molecular weight is 352 g/mol. The van der Waals surface area contributed by atoms with Gasteiger partial charge in [0.2, 0.25) is 5.91 Å². The highest BCUT2D eigenvalue weighted by Gasteiger charge is 2.39. The minimum Gasteiger partial charge on any atom is -0.360 e. The lowest BCUT2D eigenvalue weighted by molar-refractivity contribution is -0.141. The van der Waals surface area contributed by atoms with Crippen LogP contribution >= 0.6 is 11.8 Å². The van der Waals surface area contributed by atoms with Crippen molar-refractivity contribution in [3.05, 3.63) is 17.5 Å². The maximum atomic E-state index is 12.3. The zero-order valence-corrected chi connectivity index (χ0v) is 15.7. The molecule has 0 N–H and O–H groups in total. The molecule has 2 aliphatic heterocycles. The van der Waals surface area contributed by atoms with Gasteiger partial charge in [0, 0.05) is 38.2 Å². The van der Waals surface area contributed by atoms with Crippen molar-refractivity contribution in [1.29, 1.82) is 0 Å². The number of likely N-dealkylation sites (tertiary alicyclic amines) is 2. The minimum absolute atomic E-state index is 0.369. The first kappa shape index (κ1) is 17.8. The minimum atomic E-state index is 0.369. The van der Waals surface area contributed by atoms with Gasteiger partial charge in [0.05, 0.1) is 12.2 Å². The number of hydrogen-bond acceptors (Lipinski definition) is 5. The quantitative estimate of drug-likeness (QED) is 0.707. The lowest BCUT2D eigenvalue weighted by atomic mass is 9.83. The number of fused-ring (bicyclic) bond motifs is 1. The molecule has 5 nitrogen and oxygen atoms in total. The highest BCUT2D eigenvalue weighted by Crippen LogP contribution is 2.32. The van der Waals surface area contributed by atoms with E-state index in [2.05, 4.69) is 34.2 Å². The number of nitrogens with zero attached hydrogens (tertiary/aromatic N) is 3. The molecule has 0 radical (unpaired) electrons. The Morgan fingerprint density at radius 3 is 3.04 bits per heavy atom. The maximum Gasteiger partial charge on any atom is 0.222 e. The van der Waals surface area contributed by atoms with E-state index in [1.807, 2.05) is 11.8 Å². The van der Waals surface area contributed by atoms with Gasteiger partial charge in [-0.3, -0.25) is 9.69 Å². The molecule has 0 aromatic carbocycles. The van der Waals surface area contributed by atoms with Crippen LogP contribution in [0.5, 0.6) is 0 Å². The second kappa shape index (κ2) is 8.39. The van der Waals surface area contributed by atoms with E-state index in [0.29, 0.717) is 17.9 Å². The summed E-state index contributed by atoms with van der Waals surface area (Å²) in [6.07, 6.45) is 7.00. The van der Waals surface area contributed by atoms with Gasteiger partial charge in [-0.15, -0.1) is 0 Å². The van der Waals surface area contributed by atoms with Crippen LogP contribution < -0.4 is 0 Å². The molecule has 134 valence electrons. The van der Waals surface area contributed by atoms with E-state index in [-0.39, 0.29) is 0 Å². The Bertz CT molecular complexity index is 548. The normalized spacial score (nSPS) is 25.1. The third-order valence-corrected chi connectivity index (χ3v) is 6.02. The molecule has 0 aliphatic carbocycles. The molecule has 2 saturated heterocycles. The number of thioether (sulfide) groups is 1. The number of rotatable bonds is 7. The predicted molar refractivity (Wildman–Crippen MR) is 97.0 cm³/mol. The number of piperidine rings is 2. The first-order valence-corrected chi connectivity index (χ1v) is 10.6. The Labute approximate surface area is 149 Å². The summed E-state index contributed by atoms with van der Waals surface area (Å²) in [7, 11) is 0. The topological polar surface area (TPSA) is 49.6 Å². The van der Waals surface area contributed by atoms with Gasteiger partial charge >= 0.3 is 0 Å². The monoisotopic (exact) mass is 351 g/mol. The van der Waals surface area contributed by atoms with Crippen molar-refractivity contribution < 1.29 is 9.32 Å². The van der Waals surface area contributed by atoms with E-state index in [1.165, 1.54) is 0 Å². The number of carbonyl (C=O) groups excluding carboxylic acids is 1. The van der Waals surface area contributed by atoms with Crippen LogP contribution in [-0.4, -0.2) is 58.5 Å². The van der Waals surface area contributed by atoms with Crippen molar-refractivity contribution in [1.82, 2.24) is 15.0 Å². The lowest BCUT2D eigenvalue weighted by Crippen LogP contribution is -2.56. The smallest absolute Gasteiger partial charge is 0.222 e. The molecule has 0 unspecified atom stereocenters. The van der Waals surface area contributed by atoms with Crippen molar-refractivity contribution in [3.8, 4) is 0 Å². The molecule has 1 aromatic heterocycles. The molecule has 0 saturated carbocycles. The number of carbonyl (C=O) groups is 1. The molecule has 1 amide bonds. The second-order valence-electron chi connectivity index (χ2n) is 6.96. The fourth-order valence-corrected chi connectivity index (χ4v) is 4.48. The molecule has 24 heavy (non-hydrogen) atoms. The van der Waals surface area contributed by atoms with Gasteiger partial charge in [0.25, 0.3) is 0 Å². The Morgan fingerprint density at radius 2 is 2.29 bits per heavy atom. The summed E-state index contributed by atoms with van der Waals surface area (Å²) in [5, 5.41) is 4.09. The van der Waals surface area contributed by atoms with E-state index < -0.39 is 0 Å². The summed E-state index contributed by atoms with van der Waals surface area (Å²) in [6.45, 7) is 5.98. The van der Waals surface area contributed by atoms with Crippen LogP contribution in [0.2, 0.25) is 0 Å². The van der Waals surface area contributed by atoms with E-state index in [0.717, 1.165) is 75.5 Å². The predicted octanol–water partition coefficient (Wildman–Crippen LogP) is 2.80. The summed E-state index contributed by atoms with van der Waals surface area (Å²) >= 11 is 1.86. The van der Waals surface area contributed by atoms with Crippen LogP contribution in [0.4, 0.5) is 0 Å². The van der Waals surface area contributed by atoms with Crippen molar-refractivity contribution in [2.24, 2.45) is 5.92 Å². The second-order valence-corrected chi connectivity index (χ2v) is 7.95. The van der Waals surface area contributed by atoms with E-state index in [4.69, 9.17) is 4.52 Å². The molecule has 2 atom stereocenters. The van der Waals surface area contributed by atoms with Gasteiger partial charge in [-0.05, 0) is 43.6 Å². The zero-order chi connectivity index (χ0) is 16.9. The third-order valence-electron chi connectivity index (χ3n) is 5.32. The van der Waals surface area contributed by atoms with Crippen molar-refractivity contribution in [2.75, 3.05) is 31.6 Å². The third kappa shape index (κ3) is 4.14. The molecule has 2 aliphatic rings. The highest BCUT2D eigenvalue weighted by atomic mass is 32.2. The Hall–Kier alpha value is -1.01. The van der Waals surface area contributed by atoms with Crippen molar-refractivity contribution in [2.45, 2.75) is 51.6 Å². The standard InChI is InChI=1S/C18H29N3O2S/c1-3-15-11-16(23-19-15)13-20-9-7-17-14(12-20)5-6-18(22)21(17)8-4-10-24-2/h11,14,17H,3-10,12-13H2,1-2H3/t14-,17+/m0/s1. The largest absolute Gasteiger partial charge is 0.360 e. The number of aromatic nitrogens is 1. The van der Waals surface area contributed by atoms with Crippen LogP contribution in [0.1, 0.15) is 44.1 Å². The summed E-state index contributed by atoms with van der Waals surface area (Å²) in [6, 6.07) is 2.52. The van der Waals surface area contributed by atoms with Gasteiger partial charge in [0.1, 0.15) is 0 Å². The molecule has 6 heteroatoms. The summed E-state index contributed by atoms with van der Waals surface area (Å²) in [4.78, 5) is 17.0. The Kier molecular flexibility index (Phi) is 6.22. The number of amides is 1. The molecule has 1 aromatic rings. The fourth-order valence-electron chi connectivity index (χ4n) is 4.06. The highest BCUT2D eigenvalue weighted by molar-refractivity contribution is 7.98. The average Bonchev–Trinajstić information content (AvgIpc) is 3.04. The van der Waals surface area contributed by atoms with E-state index >= 15 is 0 Å². The van der Waals surface area contributed by atoms with Crippen LogP contribution in [-0.2, 0) is 17.8 Å². The molecular formula is C18H29N3O2S. The maximum absolute atomic E-state index is 12.3. The van der Waals surface area contributed by atoms with Crippen molar-refractivity contribution in [3.63, 3.8) is 0 Å². The van der Waals surface area contributed by atoms with Crippen LogP contribution in [0.3, 0.4) is 0 Å². The molecule has 0 spiro atoms. The van der Waals surface area contributed by atoms with Gasteiger partial charge in [-0.25, -0.2) is 0 Å². The molecule has 2 fully saturated rings. The number of hydrogen-bond donors (Lipinski definition) is 0. The molecule has 0 bridgehead atoms. The summed E-state index contributed by atoms with van der Waals surface area (Å²) < 4.78 is 5.44. The first-order valence-electron chi connectivity index (χ1n) is 9.16. The van der Waals surface area contributed by atoms with Crippen LogP contribution in [0, 0.1) is 5.92 Å². The summed E-state index contributed by atoms with van der Waals surface area (Å²) in [5.41, 5.74) is 1.03. The molecule has 3 heterocycles.